The smallest absolute Gasteiger partial charge is 0.191 e. The fourth-order valence-corrected chi connectivity index (χ4v) is 2.98. The quantitative estimate of drug-likeness (QED) is 0.442. The molecule has 118 valence electrons. The van der Waals surface area contributed by atoms with Crippen LogP contribution in [0.4, 0.5) is 0 Å². The molecule has 2 fully saturated rings. The summed E-state index contributed by atoms with van der Waals surface area (Å²) >= 11 is 0. The zero-order valence-corrected chi connectivity index (χ0v) is 14.7. The van der Waals surface area contributed by atoms with Gasteiger partial charge in [-0.2, -0.15) is 5.10 Å². The van der Waals surface area contributed by atoms with Crippen LogP contribution in [-0.4, -0.2) is 47.1 Å². The molecule has 0 aromatic carbocycles. The van der Waals surface area contributed by atoms with Gasteiger partial charge in [-0.05, 0) is 32.3 Å². The summed E-state index contributed by atoms with van der Waals surface area (Å²) in [5, 5.41) is 11.0. The molecule has 6 nitrogen and oxygen atoms in total. The molecule has 2 N–H and O–H groups in total. The summed E-state index contributed by atoms with van der Waals surface area (Å²) in [5.41, 5.74) is 0. The van der Waals surface area contributed by atoms with Gasteiger partial charge in [0, 0.05) is 18.9 Å². The van der Waals surface area contributed by atoms with Crippen LogP contribution >= 0.6 is 24.0 Å². The molecule has 2 bridgehead atoms. The second kappa shape index (κ2) is 7.98. The fraction of sp³-hybridized carbons (Fsp3) is 0.714. The summed E-state index contributed by atoms with van der Waals surface area (Å²) in [4.78, 5) is 4.61. The van der Waals surface area contributed by atoms with E-state index in [2.05, 4.69) is 27.6 Å². The van der Waals surface area contributed by atoms with Gasteiger partial charge < -0.3 is 15.4 Å². The number of aliphatic imine (C=N–C) groups is 1. The number of nitrogens with one attached hydrogen (secondary N) is 2. The van der Waals surface area contributed by atoms with Crippen molar-refractivity contribution >= 4 is 29.9 Å². The number of hydrogen-bond acceptors (Lipinski definition) is 3. The van der Waals surface area contributed by atoms with E-state index in [1.54, 1.807) is 6.20 Å². The average Bonchev–Trinajstić information content (AvgIpc) is 3.16. The van der Waals surface area contributed by atoms with Crippen LogP contribution in [0.3, 0.4) is 0 Å². The molecular weight excluding hydrogens is 381 g/mol. The Morgan fingerprint density at radius 2 is 2.38 bits per heavy atom. The van der Waals surface area contributed by atoms with Gasteiger partial charge in [0.1, 0.15) is 0 Å². The van der Waals surface area contributed by atoms with Gasteiger partial charge in [0.05, 0.1) is 31.3 Å². The van der Waals surface area contributed by atoms with E-state index in [0.717, 1.165) is 32.0 Å². The van der Waals surface area contributed by atoms with Crippen LogP contribution < -0.4 is 10.6 Å². The molecule has 2 aliphatic heterocycles. The third-order valence-corrected chi connectivity index (χ3v) is 3.93. The Morgan fingerprint density at radius 1 is 1.48 bits per heavy atom. The van der Waals surface area contributed by atoms with Crippen LogP contribution in [0.25, 0.3) is 0 Å². The van der Waals surface area contributed by atoms with Crippen molar-refractivity contribution in [2.75, 3.05) is 13.1 Å². The number of nitrogens with zero attached hydrogens (tertiary/aromatic N) is 3. The van der Waals surface area contributed by atoms with Gasteiger partial charge >= 0.3 is 0 Å². The Morgan fingerprint density at radius 3 is 3.00 bits per heavy atom. The van der Waals surface area contributed by atoms with Gasteiger partial charge in [0.2, 0.25) is 0 Å². The van der Waals surface area contributed by atoms with Crippen molar-refractivity contribution in [3.63, 3.8) is 0 Å². The SMILES string of the molecule is CCNC(=NCCn1cccn1)NC1CC2CCC1O2.I. The van der Waals surface area contributed by atoms with Crippen LogP contribution in [-0.2, 0) is 11.3 Å². The lowest BCUT2D eigenvalue weighted by Gasteiger charge is -2.22. The molecule has 2 aliphatic rings. The minimum absolute atomic E-state index is 0. The topological polar surface area (TPSA) is 63.5 Å². The molecular formula is C14H24IN5O. The highest BCUT2D eigenvalue weighted by molar-refractivity contribution is 14.0. The largest absolute Gasteiger partial charge is 0.373 e. The molecule has 3 rings (SSSR count). The Kier molecular flexibility index (Phi) is 6.28. The zero-order valence-electron chi connectivity index (χ0n) is 12.4. The van der Waals surface area contributed by atoms with Crippen molar-refractivity contribution < 1.29 is 4.74 Å². The van der Waals surface area contributed by atoms with Crippen molar-refractivity contribution in [1.82, 2.24) is 20.4 Å². The molecule has 7 heteroatoms. The second-order valence-corrected chi connectivity index (χ2v) is 5.39. The lowest BCUT2D eigenvalue weighted by molar-refractivity contribution is 0.0992. The number of halogens is 1. The number of fused-ring (bicyclic) bond motifs is 2. The highest BCUT2D eigenvalue weighted by atomic mass is 127. The summed E-state index contributed by atoms with van der Waals surface area (Å²) in [7, 11) is 0. The van der Waals surface area contributed by atoms with Crippen LogP contribution in [0.2, 0.25) is 0 Å². The number of hydrogen-bond donors (Lipinski definition) is 2. The highest BCUT2D eigenvalue weighted by Crippen LogP contribution is 2.34. The maximum atomic E-state index is 5.87. The Hall–Kier alpha value is -0.830. The minimum atomic E-state index is 0. The predicted octanol–water partition coefficient (Wildman–Crippen LogP) is 1.38. The third kappa shape index (κ3) is 4.32. The molecule has 0 aliphatic carbocycles. The van der Waals surface area contributed by atoms with E-state index in [-0.39, 0.29) is 24.0 Å². The molecule has 3 unspecified atom stereocenters. The summed E-state index contributed by atoms with van der Waals surface area (Å²) in [6.07, 6.45) is 8.08. The Labute approximate surface area is 142 Å². The summed E-state index contributed by atoms with van der Waals surface area (Å²) in [6.45, 7) is 4.48. The highest BCUT2D eigenvalue weighted by Gasteiger charge is 2.41. The van der Waals surface area contributed by atoms with Gasteiger partial charge in [0.25, 0.3) is 0 Å². The first-order valence-corrected chi connectivity index (χ1v) is 7.53. The Bertz CT molecular complexity index is 450. The molecule has 0 radical (unpaired) electrons. The van der Waals surface area contributed by atoms with E-state index in [0.29, 0.717) is 18.2 Å². The maximum absolute atomic E-state index is 5.87. The molecule has 0 saturated carbocycles. The molecule has 3 heterocycles. The van der Waals surface area contributed by atoms with Crippen molar-refractivity contribution in [1.29, 1.82) is 0 Å². The number of guanidine groups is 1. The fourth-order valence-electron chi connectivity index (χ4n) is 2.98. The summed E-state index contributed by atoms with van der Waals surface area (Å²) < 4.78 is 7.76. The maximum Gasteiger partial charge on any atom is 0.191 e. The molecule has 1 aromatic rings. The van der Waals surface area contributed by atoms with Gasteiger partial charge in [-0.1, -0.05) is 0 Å². The number of rotatable bonds is 5. The molecule has 0 amide bonds. The van der Waals surface area contributed by atoms with Crippen LogP contribution in [0, 0.1) is 0 Å². The first-order chi connectivity index (χ1) is 9.85. The van der Waals surface area contributed by atoms with Gasteiger partial charge in [-0.25, -0.2) is 0 Å². The molecule has 0 spiro atoms. The standard InChI is InChI=1S/C14H23N5O.HI/c1-2-15-14(16-7-9-19-8-3-6-17-19)18-12-10-11-4-5-13(12)20-11;/h3,6,8,11-13H,2,4-5,7,9-10H2,1H3,(H2,15,16,18);1H. The van der Waals surface area contributed by atoms with Crippen molar-refractivity contribution in [3.05, 3.63) is 18.5 Å². The normalized spacial score (nSPS) is 27.5. The summed E-state index contributed by atoms with van der Waals surface area (Å²) in [5.74, 6) is 0.890. The predicted molar refractivity (Wildman–Crippen MR) is 93.1 cm³/mol. The van der Waals surface area contributed by atoms with E-state index in [1.165, 1.54) is 12.8 Å². The van der Waals surface area contributed by atoms with E-state index < -0.39 is 0 Å². The second-order valence-electron chi connectivity index (χ2n) is 5.39. The molecule has 1 aromatic heterocycles. The van der Waals surface area contributed by atoms with Crippen molar-refractivity contribution in [2.45, 2.75) is 51.0 Å². The van der Waals surface area contributed by atoms with Gasteiger partial charge in [-0.15, -0.1) is 24.0 Å². The molecule has 2 saturated heterocycles. The van der Waals surface area contributed by atoms with Crippen LogP contribution in [0.15, 0.2) is 23.5 Å². The first kappa shape index (κ1) is 16.5. The zero-order chi connectivity index (χ0) is 13.8. The van der Waals surface area contributed by atoms with Crippen LogP contribution in [0.5, 0.6) is 0 Å². The Balaban J connectivity index is 0.00000161. The number of aromatic nitrogens is 2. The van der Waals surface area contributed by atoms with Crippen molar-refractivity contribution in [3.8, 4) is 0 Å². The monoisotopic (exact) mass is 405 g/mol. The minimum Gasteiger partial charge on any atom is -0.373 e. The third-order valence-electron chi connectivity index (χ3n) is 3.93. The van der Waals surface area contributed by atoms with E-state index in [1.807, 2.05) is 16.9 Å². The average molecular weight is 405 g/mol. The van der Waals surface area contributed by atoms with E-state index >= 15 is 0 Å². The van der Waals surface area contributed by atoms with Crippen molar-refractivity contribution in [2.24, 2.45) is 4.99 Å². The van der Waals surface area contributed by atoms with E-state index in [9.17, 15) is 0 Å². The van der Waals surface area contributed by atoms with Crippen LogP contribution in [0.1, 0.15) is 26.2 Å². The summed E-state index contributed by atoms with van der Waals surface area (Å²) in [6, 6.07) is 2.34. The molecule has 3 atom stereocenters. The van der Waals surface area contributed by atoms with E-state index in [4.69, 9.17) is 4.74 Å². The lowest BCUT2D eigenvalue weighted by Crippen LogP contribution is -2.47. The van der Waals surface area contributed by atoms with Gasteiger partial charge in [0.15, 0.2) is 5.96 Å². The number of ether oxygens (including phenoxy) is 1. The lowest BCUT2D eigenvalue weighted by atomic mass is 9.96. The molecule has 21 heavy (non-hydrogen) atoms. The first-order valence-electron chi connectivity index (χ1n) is 7.53. The van der Waals surface area contributed by atoms with Gasteiger partial charge in [-0.3, -0.25) is 9.67 Å².